The van der Waals surface area contributed by atoms with E-state index in [0.29, 0.717) is 23.4 Å². The maximum atomic E-state index is 13.1. The molecule has 2 aromatic heterocycles. The van der Waals surface area contributed by atoms with Crippen molar-refractivity contribution in [3.63, 3.8) is 0 Å². The number of furan rings is 1. The van der Waals surface area contributed by atoms with Gasteiger partial charge in [0.15, 0.2) is 11.5 Å². The lowest BCUT2D eigenvalue weighted by Crippen LogP contribution is -2.29. The Balaban J connectivity index is 1.63. The van der Waals surface area contributed by atoms with Crippen molar-refractivity contribution in [3.05, 3.63) is 82.6 Å². The first-order valence-electron chi connectivity index (χ1n) is 9.73. The molecule has 2 heterocycles. The Hall–Kier alpha value is -3.41. The molecule has 1 aliphatic carbocycles. The number of nitrogens with one attached hydrogen (secondary N) is 1. The first-order chi connectivity index (χ1) is 14.0. The number of nitrogens with zero attached hydrogens (tertiary/aromatic N) is 1. The van der Waals surface area contributed by atoms with Crippen LogP contribution in [0.2, 0.25) is 0 Å². The van der Waals surface area contributed by atoms with Crippen molar-refractivity contribution < 1.29 is 18.8 Å². The highest BCUT2D eigenvalue weighted by Gasteiger charge is 2.39. The van der Waals surface area contributed by atoms with Crippen LogP contribution < -0.4 is 5.32 Å². The van der Waals surface area contributed by atoms with Gasteiger partial charge in [0, 0.05) is 42.5 Å². The average molecular weight is 390 g/mol. The Morgan fingerprint density at radius 3 is 2.34 bits per heavy atom. The Morgan fingerprint density at radius 1 is 1.03 bits per heavy atom. The number of ketones is 2. The SMILES string of the molecule is CC(C)c1oc2c(c1C(=O)NCCCn1cccc1)C(=O)c1ccccc1C2=O. The van der Waals surface area contributed by atoms with Crippen LogP contribution >= 0.6 is 0 Å². The largest absolute Gasteiger partial charge is 0.456 e. The number of amides is 1. The summed E-state index contributed by atoms with van der Waals surface area (Å²) in [6.45, 7) is 4.97. The molecule has 1 aromatic carbocycles. The molecule has 0 saturated heterocycles. The summed E-state index contributed by atoms with van der Waals surface area (Å²) in [4.78, 5) is 39.0. The van der Waals surface area contributed by atoms with E-state index < -0.39 is 0 Å². The van der Waals surface area contributed by atoms with E-state index in [1.54, 1.807) is 24.3 Å². The summed E-state index contributed by atoms with van der Waals surface area (Å²) >= 11 is 0. The molecule has 1 amide bonds. The molecular formula is C23H22N2O4. The zero-order valence-corrected chi connectivity index (χ0v) is 16.4. The van der Waals surface area contributed by atoms with Crippen molar-refractivity contribution in [1.82, 2.24) is 9.88 Å². The van der Waals surface area contributed by atoms with Gasteiger partial charge in [0.25, 0.3) is 5.91 Å². The predicted molar refractivity (Wildman–Crippen MR) is 107 cm³/mol. The van der Waals surface area contributed by atoms with E-state index in [-0.39, 0.29) is 40.3 Å². The Bertz CT molecular complexity index is 1090. The average Bonchev–Trinajstić information content (AvgIpc) is 3.37. The van der Waals surface area contributed by atoms with Crippen LogP contribution in [0, 0.1) is 0 Å². The zero-order valence-electron chi connectivity index (χ0n) is 16.4. The molecule has 1 aliphatic rings. The minimum atomic E-state index is -0.383. The standard InChI is InChI=1S/C23H22N2O4/c1-14(2)21-18(23(28)24-10-7-13-25-11-5-6-12-25)17-19(26)15-8-3-4-9-16(15)20(27)22(17)29-21/h3-6,8-9,11-12,14H,7,10,13H2,1-2H3,(H,24,28). The highest BCUT2D eigenvalue weighted by atomic mass is 16.4. The van der Waals surface area contributed by atoms with Gasteiger partial charge in [-0.15, -0.1) is 0 Å². The minimum absolute atomic E-state index is 0.0325. The molecule has 0 atom stereocenters. The highest BCUT2D eigenvalue weighted by Crippen LogP contribution is 2.36. The number of fused-ring (bicyclic) bond motifs is 2. The quantitative estimate of drug-likeness (QED) is 0.508. The molecule has 6 nitrogen and oxygen atoms in total. The summed E-state index contributed by atoms with van der Waals surface area (Å²) < 4.78 is 7.82. The van der Waals surface area contributed by atoms with Gasteiger partial charge in [0.2, 0.25) is 5.78 Å². The fraction of sp³-hybridized carbons (Fsp3) is 0.261. The maximum Gasteiger partial charge on any atom is 0.255 e. The Morgan fingerprint density at radius 2 is 1.69 bits per heavy atom. The predicted octanol–water partition coefficient (Wildman–Crippen LogP) is 3.80. The molecule has 6 heteroatoms. The van der Waals surface area contributed by atoms with Crippen LogP contribution in [0.1, 0.15) is 74.3 Å². The van der Waals surface area contributed by atoms with Gasteiger partial charge in [0.1, 0.15) is 5.76 Å². The molecule has 4 rings (SSSR count). The molecule has 1 N–H and O–H groups in total. The molecule has 0 radical (unpaired) electrons. The van der Waals surface area contributed by atoms with E-state index in [1.165, 1.54) is 0 Å². The zero-order chi connectivity index (χ0) is 20.5. The molecule has 148 valence electrons. The Kier molecular flexibility index (Phi) is 4.92. The lowest BCUT2D eigenvalue weighted by atomic mass is 9.85. The van der Waals surface area contributed by atoms with Crippen LogP contribution in [-0.2, 0) is 6.54 Å². The number of rotatable bonds is 6. The summed E-state index contributed by atoms with van der Waals surface area (Å²) in [5.41, 5.74) is 0.889. The first kappa shape index (κ1) is 18.9. The number of hydrogen-bond acceptors (Lipinski definition) is 4. The fourth-order valence-corrected chi connectivity index (χ4v) is 3.66. The molecule has 29 heavy (non-hydrogen) atoms. The molecule has 3 aromatic rings. The number of carbonyl (C=O) groups is 3. The third-order valence-corrected chi connectivity index (χ3v) is 5.08. The van der Waals surface area contributed by atoms with Gasteiger partial charge in [0.05, 0.1) is 11.1 Å². The minimum Gasteiger partial charge on any atom is -0.456 e. The summed E-state index contributed by atoms with van der Waals surface area (Å²) in [5, 5.41) is 2.88. The lowest BCUT2D eigenvalue weighted by molar-refractivity contribution is 0.0937. The number of benzene rings is 1. The number of carbonyl (C=O) groups excluding carboxylic acids is 3. The topological polar surface area (TPSA) is 81.3 Å². The normalized spacial score (nSPS) is 12.8. The van der Waals surface area contributed by atoms with Crippen molar-refractivity contribution in [3.8, 4) is 0 Å². The van der Waals surface area contributed by atoms with Crippen molar-refractivity contribution in [2.45, 2.75) is 32.7 Å². The van der Waals surface area contributed by atoms with Crippen molar-refractivity contribution in [2.24, 2.45) is 0 Å². The summed E-state index contributed by atoms with van der Waals surface area (Å²) in [7, 11) is 0. The Labute approximate surface area is 168 Å². The molecule has 0 spiro atoms. The molecule has 0 unspecified atom stereocenters. The van der Waals surface area contributed by atoms with E-state index in [0.717, 1.165) is 13.0 Å². The van der Waals surface area contributed by atoms with E-state index in [1.807, 2.05) is 42.9 Å². The molecule has 0 fully saturated rings. The van der Waals surface area contributed by atoms with Crippen molar-refractivity contribution in [1.29, 1.82) is 0 Å². The van der Waals surface area contributed by atoms with Gasteiger partial charge >= 0.3 is 0 Å². The third-order valence-electron chi connectivity index (χ3n) is 5.08. The van der Waals surface area contributed by atoms with Gasteiger partial charge in [-0.25, -0.2) is 0 Å². The molecular weight excluding hydrogens is 368 g/mol. The van der Waals surface area contributed by atoms with Gasteiger partial charge < -0.3 is 14.3 Å². The monoisotopic (exact) mass is 390 g/mol. The summed E-state index contributed by atoms with van der Waals surface area (Å²) in [5.74, 6) is -0.897. The molecule has 0 bridgehead atoms. The molecule has 0 saturated carbocycles. The summed E-state index contributed by atoms with van der Waals surface area (Å²) in [6, 6.07) is 10.5. The van der Waals surface area contributed by atoms with Crippen molar-refractivity contribution in [2.75, 3.05) is 6.54 Å². The maximum absolute atomic E-state index is 13.1. The van der Waals surface area contributed by atoms with Crippen LogP contribution in [0.3, 0.4) is 0 Å². The van der Waals surface area contributed by atoms with E-state index >= 15 is 0 Å². The van der Waals surface area contributed by atoms with Gasteiger partial charge in [-0.2, -0.15) is 0 Å². The van der Waals surface area contributed by atoms with Gasteiger partial charge in [-0.3, -0.25) is 14.4 Å². The van der Waals surface area contributed by atoms with Gasteiger partial charge in [-0.1, -0.05) is 38.1 Å². The number of aryl methyl sites for hydroxylation is 1. The van der Waals surface area contributed by atoms with Crippen LogP contribution in [0.5, 0.6) is 0 Å². The first-order valence-corrected chi connectivity index (χ1v) is 9.73. The number of aromatic nitrogens is 1. The van der Waals surface area contributed by atoms with E-state index in [9.17, 15) is 14.4 Å². The van der Waals surface area contributed by atoms with Gasteiger partial charge in [-0.05, 0) is 18.6 Å². The summed E-state index contributed by atoms with van der Waals surface area (Å²) in [6.07, 6.45) is 4.67. The second-order valence-electron chi connectivity index (χ2n) is 7.43. The van der Waals surface area contributed by atoms with Crippen LogP contribution in [0.15, 0.2) is 53.2 Å². The fourth-order valence-electron chi connectivity index (χ4n) is 3.66. The molecule has 0 aliphatic heterocycles. The second kappa shape index (κ2) is 7.54. The van der Waals surface area contributed by atoms with E-state index in [4.69, 9.17) is 4.42 Å². The van der Waals surface area contributed by atoms with Crippen LogP contribution in [0.25, 0.3) is 0 Å². The van der Waals surface area contributed by atoms with Crippen LogP contribution in [-0.4, -0.2) is 28.6 Å². The van der Waals surface area contributed by atoms with Crippen molar-refractivity contribution >= 4 is 17.5 Å². The highest BCUT2D eigenvalue weighted by molar-refractivity contribution is 6.30. The number of hydrogen-bond donors (Lipinski definition) is 1. The van der Waals surface area contributed by atoms with Crippen LogP contribution in [0.4, 0.5) is 0 Å². The lowest BCUT2D eigenvalue weighted by Gasteiger charge is -2.14. The second-order valence-corrected chi connectivity index (χ2v) is 7.43. The smallest absolute Gasteiger partial charge is 0.255 e. The van der Waals surface area contributed by atoms with E-state index in [2.05, 4.69) is 5.32 Å². The third kappa shape index (κ3) is 3.31.